The van der Waals surface area contributed by atoms with Gasteiger partial charge in [-0.3, -0.25) is 4.79 Å². The van der Waals surface area contributed by atoms with E-state index < -0.39 is 0 Å². The van der Waals surface area contributed by atoms with Crippen molar-refractivity contribution in [2.75, 3.05) is 26.7 Å². The lowest BCUT2D eigenvalue weighted by Crippen LogP contribution is -2.48. The van der Waals surface area contributed by atoms with Gasteiger partial charge in [-0.15, -0.1) is 0 Å². The highest BCUT2D eigenvalue weighted by atomic mass is 16.2. The number of hydrogen-bond acceptors (Lipinski definition) is 3. The molecule has 1 rings (SSSR count). The quantitative estimate of drug-likeness (QED) is 0.641. The lowest BCUT2D eigenvalue weighted by Gasteiger charge is -2.29. The van der Waals surface area contributed by atoms with Crippen LogP contribution in [-0.2, 0) is 4.79 Å². The van der Waals surface area contributed by atoms with Gasteiger partial charge in [0.1, 0.15) is 0 Å². The molecular weight excluding hydrogens is 178 g/mol. The van der Waals surface area contributed by atoms with Crippen LogP contribution in [0.5, 0.6) is 0 Å². The molecule has 0 spiro atoms. The van der Waals surface area contributed by atoms with Crippen LogP contribution in [0.1, 0.15) is 20.3 Å². The molecule has 1 fully saturated rings. The zero-order chi connectivity index (χ0) is 10.7. The van der Waals surface area contributed by atoms with E-state index in [1.54, 1.807) is 6.92 Å². The van der Waals surface area contributed by atoms with E-state index in [4.69, 9.17) is 5.73 Å². The van der Waals surface area contributed by atoms with Crippen molar-refractivity contribution in [2.45, 2.75) is 32.4 Å². The molecule has 2 atom stereocenters. The van der Waals surface area contributed by atoms with Crippen LogP contribution in [0.2, 0.25) is 0 Å². The zero-order valence-corrected chi connectivity index (χ0v) is 9.36. The first kappa shape index (κ1) is 11.5. The van der Waals surface area contributed by atoms with Gasteiger partial charge in [0.25, 0.3) is 0 Å². The standard InChI is InChI=1S/C10H21N3O/c1-8-7-12(3)5-4-6-13(8)10(14)9(2)11/h8-9H,4-7,11H2,1-3H3/t8?,9-/m0/s1. The summed E-state index contributed by atoms with van der Waals surface area (Å²) >= 11 is 0. The van der Waals surface area contributed by atoms with Gasteiger partial charge in [-0.05, 0) is 33.9 Å². The predicted octanol–water partition coefficient (Wildman–Crippen LogP) is -0.114. The SMILES string of the molecule is CC1CN(C)CCCN1C(=O)[C@H](C)N. The van der Waals surface area contributed by atoms with Crippen molar-refractivity contribution in [3.05, 3.63) is 0 Å². The molecule has 82 valence electrons. The Balaban J connectivity index is 2.63. The van der Waals surface area contributed by atoms with Crippen LogP contribution in [0.25, 0.3) is 0 Å². The summed E-state index contributed by atoms with van der Waals surface area (Å²) in [4.78, 5) is 15.9. The summed E-state index contributed by atoms with van der Waals surface area (Å²) in [6.07, 6.45) is 1.04. The van der Waals surface area contributed by atoms with E-state index in [0.29, 0.717) is 0 Å². The maximum atomic E-state index is 11.8. The minimum Gasteiger partial charge on any atom is -0.337 e. The van der Waals surface area contributed by atoms with Crippen molar-refractivity contribution >= 4 is 5.91 Å². The van der Waals surface area contributed by atoms with Gasteiger partial charge in [-0.25, -0.2) is 0 Å². The largest absolute Gasteiger partial charge is 0.337 e. The molecule has 0 aliphatic carbocycles. The van der Waals surface area contributed by atoms with Crippen molar-refractivity contribution in [2.24, 2.45) is 5.73 Å². The van der Waals surface area contributed by atoms with Crippen LogP contribution < -0.4 is 5.73 Å². The molecule has 0 bridgehead atoms. The normalized spacial score (nSPS) is 27.1. The molecule has 1 heterocycles. The fourth-order valence-electron chi connectivity index (χ4n) is 1.96. The molecule has 1 aliphatic rings. The van der Waals surface area contributed by atoms with Crippen LogP contribution in [0.3, 0.4) is 0 Å². The van der Waals surface area contributed by atoms with E-state index in [1.165, 1.54) is 0 Å². The Bertz CT molecular complexity index is 206. The third-order valence-electron chi connectivity index (χ3n) is 2.72. The van der Waals surface area contributed by atoms with Gasteiger partial charge in [0.05, 0.1) is 6.04 Å². The highest BCUT2D eigenvalue weighted by Crippen LogP contribution is 2.09. The Labute approximate surface area is 86.0 Å². The van der Waals surface area contributed by atoms with E-state index in [0.717, 1.165) is 26.1 Å². The van der Waals surface area contributed by atoms with Crippen LogP contribution in [0.15, 0.2) is 0 Å². The molecule has 1 aliphatic heterocycles. The number of carbonyl (C=O) groups excluding carboxylic acids is 1. The van der Waals surface area contributed by atoms with Crippen LogP contribution in [0.4, 0.5) is 0 Å². The van der Waals surface area contributed by atoms with Crippen molar-refractivity contribution in [3.63, 3.8) is 0 Å². The van der Waals surface area contributed by atoms with Crippen LogP contribution >= 0.6 is 0 Å². The summed E-state index contributed by atoms with van der Waals surface area (Å²) in [7, 11) is 2.09. The third-order valence-corrected chi connectivity index (χ3v) is 2.72. The average molecular weight is 199 g/mol. The van der Waals surface area contributed by atoms with Gasteiger partial charge in [0.15, 0.2) is 0 Å². The lowest BCUT2D eigenvalue weighted by molar-refractivity contribution is -0.134. The predicted molar refractivity (Wildman–Crippen MR) is 56.9 cm³/mol. The fraction of sp³-hybridized carbons (Fsp3) is 0.900. The fourth-order valence-corrected chi connectivity index (χ4v) is 1.96. The minimum absolute atomic E-state index is 0.0767. The maximum absolute atomic E-state index is 11.8. The van der Waals surface area contributed by atoms with E-state index in [-0.39, 0.29) is 18.0 Å². The Morgan fingerprint density at radius 1 is 1.50 bits per heavy atom. The van der Waals surface area contributed by atoms with Gasteiger partial charge in [0, 0.05) is 19.1 Å². The van der Waals surface area contributed by atoms with Crippen molar-refractivity contribution in [1.82, 2.24) is 9.80 Å². The smallest absolute Gasteiger partial charge is 0.239 e. The summed E-state index contributed by atoms with van der Waals surface area (Å²) in [5.74, 6) is 0.0767. The monoisotopic (exact) mass is 199 g/mol. The van der Waals surface area contributed by atoms with Gasteiger partial charge < -0.3 is 15.5 Å². The molecule has 0 radical (unpaired) electrons. The second-order valence-corrected chi connectivity index (χ2v) is 4.29. The number of rotatable bonds is 1. The molecule has 0 saturated carbocycles. The number of carbonyl (C=O) groups is 1. The van der Waals surface area contributed by atoms with Crippen LogP contribution in [-0.4, -0.2) is 54.5 Å². The Morgan fingerprint density at radius 2 is 2.14 bits per heavy atom. The molecule has 0 aromatic heterocycles. The maximum Gasteiger partial charge on any atom is 0.239 e. The second-order valence-electron chi connectivity index (χ2n) is 4.29. The molecule has 4 heteroatoms. The molecule has 0 aromatic rings. The first-order chi connectivity index (χ1) is 6.52. The highest BCUT2D eigenvalue weighted by molar-refractivity contribution is 5.81. The van der Waals surface area contributed by atoms with E-state index in [1.807, 2.05) is 4.90 Å². The minimum atomic E-state index is -0.374. The average Bonchev–Trinajstić information content (AvgIpc) is 2.25. The zero-order valence-electron chi connectivity index (χ0n) is 9.36. The number of likely N-dealkylation sites (N-methyl/N-ethyl adjacent to an activating group) is 1. The van der Waals surface area contributed by atoms with Gasteiger partial charge in [0.2, 0.25) is 5.91 Å². The summed E-state index contributed by atoms with van der Waals surface area (Å²) in [5, 5.41) is 0. The molecule has 2 N–H and O–H groups in total. The molecular formula is C10H21N3O. The second kappa shape index (κ2) is 4.75. The summed E-state index contributed by atoms with van der Waals surface area (Å²) in [6.45, 7) is 6.68. The number of nitrogens with two attached hydrogens (primary N) is 1. The molecule has 4 nitrogen and oxygen atoms in total. The number of nitrogens with zero attached hydrogens (tertiary/aromatic N) is 2. The first-order valence-corrected chi connectivity index (χ1v) is 5.27. The topological polar surface area (TPSA) is 49.6 Å². The number of amides is 1. The molecule has 0 aromatic carbocycles. The van der Waals surface area contributed by atoms with Crippen molar-refractivity contribution < 1.29 is 4.79 Å². The summed E-state index contributed by atoms with van der Waals surface area (Å²) in [6, 6.07) is -0.0955. The molecule has 1 unspecified atom stereocenters. The van der Waals surface area contributed by atoms with Crippen molar-refractivity contribution in [1.29, 1.82) is 0 Å². The van der Waals surface area contributed by atoms with Gasteiger partial charge in [-0.2, -0.15) is 0 Å². The highest BCUT2D eigenvalue weighted by Gasteiger charge is 2.25. The molecule has 14 heavy (non-hydrogen) atoms. The summed E-state index contributed by atoms with van der Waals surface area (Å²) < 4.78 is 0. The van der Waals surface area contributed by atoms with Gasteiger partial charge in [-0.1, -0.05) is 0 Å². The van der Waals surface area contributed by atoms with Crippen molar-refractivity contribution in [3.8, 4) is 0 Å². The Hall–Kier alpha value is -0.610. The van der Waals surface area contributed by atoms with E-state index in [9.17, 15) is 4.79 Å². The lowest BCUT2D eigenvalue weighted by atomic mass is 10.2. The molecule has 1 saturated heterocycles. The molecule has 1 amide bonds. The Kier molecular flexibility index (Phi) is 3.89. The Morgan fingerprint density at radius 3 is 2.71 bits per heavy atom. The third kappa shape index (κ3) is 2.69. The van der Waals surface area contributed by atoms with Gasteiger partial charge >= 0.3 is 0 Å². The van der Waals surface area contributed by atoms with E-state index >= 15 is 0 Å². The summed E-state index contributed by atoms with van der Waals surface area (Å²) in [5.41, 5.74) is 5.61. The van der Waals surface area contributed by atoms with E-state index in [2.05, 4.69) is 18.9 Å². The van der Waals surface area contributed by atoms with Crippen LogP contribution in [0, 0.1) is 0 Å². The first-order valence-electron chi connectivity index (χ1n) is 5.27. The number of hydrogen-bond donors (Lipinski definition) is 1.